The van der Waals surface area contributed by atoms with Gasteiger partial charge in [-0.1, -0.05) is 13.8 Å². The summed E-state index contributed by atoms with van der Waals surface area (Å²) in [7, 11) is -2.33. The molecule has 1 rings (SSSR count). The first-order valence-corrected chi connectivity index (χ1v) is 7.32. The van der Waals surface area contributed by atoms with Crippen LogP contribution in [0.15, 0.2) is 23.1 Å². The number of sulfonamides is 1. The summed E-state index contributed by atoms with van der Waals surface area (Å²) in [6, 6.07) is 2.83. The minimum absolute atomic E-state index is 0.0423. The summed E-state index contributed by atoms with van der Waals surface area (Å²) in [5, 5.41) is 0. The summed E-state index contributed by atoms with van der Waals surface area (Å²) in [6.45, 7) is 3.97. The van der Waals surface area contributed by atoms with Gasteiger partial charge in [0.1, 0.15) is 5.82 Å². The molecule has 0 aliphatic carbocycles. The van der Waals surface area contributed by atoms with Crippen LogP contribution in [0.4, 0.5) is 10.1 Å². The maximum Gasteiger partial charge on any atom is 0.241 e. The largest absolute Gasteiger partial charge is 0.399 e. The standard InChI is InChI=1S/C12H19FN2O3S/c1-8(2)12(7-18-3)15-19(16,17)11-5-9(13)4-10(14)6-11/h4-6,8,12,15H,7,14H2,1-3H3. The molecule has 0 radical (unpaired) electrons. The topological polar surface area (TPSA) is 81.4 Å². The van der Waals surface area contributed by atoms with E-state index < -0.39 is 15.8 Å². The molecule has 0 saturated heterocycles. The third-order valence-corrected chi connectivity index (χ3v) is 4.13. The Kier molecular flexibility index (Phi) is 5.28. The van der Waals surface area contributed by atoms with Gasteiger partial charge in [-0.3, -0.25) is 0 Å². The molecule has 1 aromatic rings. The fraction of sp³-hybridized carbons (Fsp3) is 0.500. The van der Waals surface area contributed by atoms with Crippen molar-refractivity contribution in [1.29, 1.82) is 0 Å². The summed E-state index contributed by atoms with van der Waals surface area (Å²) in [5.41, 5.74) is 5.51. The SMILES string of the molecule is COCC(NS(=O)(=O)c1cc(N)cc(F)c1)C(C)C. The van der Waals surface area contributed by atoms with Gasteiger partial charge in [0.2, 0.25) is 10.0 Å². The molecular formula is C12H19FN2O3S. The predicted molar refractivity (Wildman–Crippen MR) is 71.6 cm³/mol. The molecule has 3 N–H and O–H groups in total. The Labute approximate surface area is 113 Å². The van der Waals surface area contributed by atoms with E-state index in [1.54, 1.807) is 0 Å². The first-order chi connectivity index (χ1) is 8.76. The van der Waals surface area contributed by atoms with Crippen molar-refractivity contribution < 1.29 is 17.5 Å². The fourth-order valence-corrected chi connectivity index (χ4v) is 2.98. The number of hydrogen-bond donors (Lipinski definition) is 2. The number of nitrogen functional groups attached to an aromatic ring is 1. The van der Waals surface area contributed by atoms with Crippen molar-refractivity contribution in [2.75, 3.05) is 19.5 Å². The summed E-state index contributed by atoms with van der Waals surface area (Å²) in [4.78, 5) is -0.188. The molecule has 0 aliphatic heterocycles. The highest BCUT2D eigenvalue weighted by atomic mass is 32.2. The van der Waals surface area contributed by atoms with Crippen LogP contribution in [-0.4, -0.2) is 28.2 Å². The van der Waals surface area contributed by atoms with Crippen LogP contribution in [0.25, 0.3) is 0 Å². The monoisotopic (exact) mass is 290 g/mol. The van der Waals surface area contributed by atoms with Gasteiger partial charge in [0.25, 0.3) is 0 Å². The highest BCUT2D eigenvalue weighted by Crippen LogP contribution is 2.17. The normalized spacial score (nSPS) is 13.7. The lowest BCUT2D eigenvalue weighted by molar-refractivity contribution is 0.157. The Hall–Kier alpha value is -1.18. The van der Waals surface area contributed by atoms with Crippen LogP contribution >= 0.6 is 0 Å². The Morgan fingerprint density at radius 3 is 2.47 bits per heavy atom. The third-order valence-electron chi connectivity index (χ3n) is 2.66. The molecule has 0 amide bonds. The zero-order chi connectivity index (χ0) is 14.6. The highest BCUT2D eigenvalue weighted by molar-refractivity contribution is 7.89. The number of halogens is 1. The van der Waals surface area contributed by atoms with Gasteiger partial charge in [-0.05, 0) is 24.1 Å². The number of nitrogens with two attached hydrogens (primary N) is 1. The highest BCUT2D eigenvalue weighted by Gasteiger charge is 2.23. The molecule has 0 aromatic heterocycles. The van der Waals surface area contributed by atoms with E-state index in [4.69, 9.17) is 10.5 Å². The van der Waals surface area contributed by atoms with E-state index in [1.807, 2.05) is 13.8 Å². The van der Waals surface area contributed by atoms with Crippen LogP contribution in [0.5, 0.6) is 0 Å². The van der Waals surface area contributed by atoms with Crippen LogP contribution in [0.2, 0.25) is 0 Å². The second-order valence-corrected chi connectivity index (χ2v) is 6.36. The molecule has 0 saturated carbocycles. The number of methoxy groups -OCH3 is 1. The van der Waals surface area contributed by atoms with Crippen molar-refractivity contribution in [3.63, 3.8) is 0 Å². The van der Waals surface area contributed by atoms with Gasteiger partial charge in [-0.15, -0.1) is 0 Å². The molecule has 5 nitrogen and oxygen atoms in total. The molecular weight excluding hydrogens is 271 g/mol. The molecule has 0 aliphatic rings. The van der Waals surface area contributed by atoms with Crippen LogP contribution < -0.4 is 10.5 Å². The van der Waals surface area contributed by atoms with E-state index in [0.717, 1.165) is 12.1 Å². The molecule has 108 valence electrons. The summed E-state index contributed by atoms with van der Waals surface area (Å²) in [5.74, 6) is -0.645. The van der Waals surface area contributed by atoms with E-state index in [1.165, 1.54) is 13.2 Å². The molecule has 0 bridgehead atoms. The van der Waals surface area contributed by atoms with Crippen molar-refractivity contribution >= 4 is 15.7 Å². The van der Waals surface area contributed by atoms with Crippen molar-refractivity contribution in [3.05, 3.63) is 24.0 Å². The molecule has 0 heterocycles. The van der Waals surface area contributed by atoms with Crippen LogP contribution in [0.3, 0.4) is 0 Å². The number of benzene rings is 1. The summed E-state index contributed by atoms with van der Waals surface area (Å²) in [6.07, 6.45) is 0. The van der Waals surface area contributed by atoms with Crippen LogP contribution in [0, 0.1) is 11.7 Å². The van der Waals surface area contributed by atoms with E-state index >= 15 is 0 Å². The maximum atomic E-state index is 13.2. The number of rotatable bonds is 6. The van der Waals surface area contributed by atoms with Gasteiger partial charge in [0.05, 0.1) is 11.5 Å². The van der Waals surface area contributed by atoms with Crippen molar-refractivity contribution in [3.8, 4) is 0 Å². The van der Waals surface area contributed by atoms with Crippen molar-refractivity contribution in [2.24, 2.45) is 5.92 Å². The smallest absolute Gasteiger partial charge is 0.241 e. The molecule has 0 spiro atoms. The molecule has 7 heteroatoms. The average Bonchev–Trinajstić information content (AvgIpc) is 2.26. The van der Waals surface area contributed by atoms with Gasteiger partial charge in [0.15, 0.2) is 0 Å². The second kappa shape index (κ2) is 6.31. The Bertz CT molecular complexity index is 512. The number of ether oxygens (including phenoxy) is 1. The van der Waals surface area contributed by atoms with Crippen LogP contribution in [-0.2, 0) is 14.8 Å². The van der Waals surface area contributed by atoms with E-state index in [2.05, 4.69) is 4.72 Å². The van der Waals surface area contributed by atoms with Crippen LogP contribution in [0.1, 0.15) is 13.8 Å². The number of anilines is 1. The van der Waals surface area contributed by atoms with E-state index in [9.17, 15) is 12.8 Å². The number of nitrogens with one attached hydrogen (secondary N) is 1. The first kappa shape index (κ1) is 15.9. The minimum Gasteiger partial charge on any atom is -0.399 e. The summed E-state index contributed by atoms with van der Waals surface area (Å²) >= 11 is 0. The van der Waals surface area contributed by atoms with Gasteiger partial charge in [-0.2, -0.15) is 0 Å². The van der Waals surface area contributed by atoms with Crippen molar-refractivity contribution in [2.45, 2.75) is 24.8 Å². The third kappa shape index (κ3) is 4.45. The van der Waals surface area contributed by atoms with Gasteiger partial charge in [0, 0.05) is 18.8 Å². The minimum atomic E-state index is -3.82. The van der Waals surface area contributed by atoms with Crippen molar-refractivity contribution in [1.82, 2.24) is 4.72 Å². The lowest BCUT2D eigenvalue weighted by Gasteiger charge is -2.21. The van der Waals surface area contributed by atoms with Gasteiger partial charge >= 0.3 is 0 Å². The zero-order valence-electron chi connectivity index (χ0n) is 11.2. The molecule has 1 unspecified atom stereocenters. The van der Waals surface area contributed by atoms with Gasteiger partial charge < -0.3 is 10.5 Å². The molecule has 0 fully saturated rings. The Morgan fingerprint density at radius 2 is 2.00 bits per heavy atom. The molecule has 1 aromatic carbocycles. The van der Waals surface area contributed by atoms with E-state index in [0.29, 0.717) is 0 Å². The summed E-state index contributed by atoms with van der Waals surface area (Å²) < 4.78 is 44.9. The molecule has 19 heavy (non-hydrogen) atoms. The Morgan fingerprint density at radius 1 is 1.37 bits per heavy atom. The molecule has 1 atom stereocenters. The maximum absolute atomic E-state index is 13.2. The van der Waals surface area contributed by atoms with E-state index in [-0.39, 0.29) is 29.1 Å². The second-order valence-electron chi connectivity index (χ2n) is 4.65. The quantitative estimate of drug-likeness (QED) is 0.775. The number of hydrogen-bond acceptors (Lipinski definition) is 4. The predicted octanol–water partition coefficient (Wildman–Crippen LogP) is 1.36. The zero-order valence-corrected chi connectivity index (χ0v) is 12.0. The lowest BCUT2D eigenvalue weighted by Crippen LogP contribution is -2.41. The Balaban J connectivity index is 3.03. The average molecular weight is 290 g/mol. The van der Waals surface area contributed by atoms with Gasteiger partial charge in [-0.25, -0.2) is 17.5 Å². The fourth-order valence-electron chi connectivity index (χ4n) is 1.55. The first-order valence-electron chi connectivity index (χ1n) is 5.83. The lowest BCUT2D eigenvalue weighted by atomic mass is 10.1.